The first-order valence-electron chi connectivity index (χ1n) is 1.54. The first-order chi connectivity index (χ1) is 3.73. The van der Waals surface area contributed by atoms with Crippen LogP contribution in [0.4, 0.5) is 0 Å². The van der Waals surface area contributed by atoms with E-state index in [0.29, 0.717) is 0 Å². The van der Waals surface area contributed by atoms with Gasteiger partial charge in [0.25, 0.3) is 3.25 Å². The van der Waals surface area contributed by atoms with Gasteiger partial charge in [0, 0.05) is 0 Å². The van der Waals surface area contributed by atoms with Gasteiger partial charge in [-0.1, -0.05) is 46.4 Å². The lowest BCUT2D eigenvalue weighted by molar-refractivity contribution is 1.65. The minimum Gasteiger partial charge on any atom is -0.377 e. The number of thiocarbonyl (C=S) groups is 1. The van der Waals surface area contributed by atoms with Crippen LogP contribution in [0, 0.1) is 0 Å². The van der Waals surface area contributed by atoms with Crippen molar-refractivity contribution in [2.24, 2.45) is 11.5 Å². The fraction of sp³-hybridized carbons (Fsp3) is 0.500. The fourth-order valence-electron chi connectivity index (χ4n) is 0. The first kappa shape index (κ1) is 12.5. The Morgan fingerprint density at radius 2 is 1.11 bits per heavy atom. The topological polar surface area (TPSA) is 52.0 Å². The van der Waals surface area contributed by atoms with Crippen molar-refractivity contribution in [3.05, 3.63) is 0 Å². The lowest BCUT2D eigenvalue weighted by atomic mass is 11.3. The molecule has 9 heavy (non-hydrogen) atoms. The van der Waals surface area contributed by atoms with Crippen LogP contribution in [0.1, 0.15) is 0 Å². The predicted octanol–water partition coefficient (Wildman–Crippen LogP) is 1.74. The monoisotopic (exact) mass is 228 g/mol. The summed E-state index contributed by atoms with van der Waals surface area (Å²) in [6, 6.07) is 0. The maximum Gasteiger partial charge on any atom is 0.266 e. The zero-order valence-corrected chi connectivity index (χ0v) is 7.92. The molecule has 0 bridgehead atoms. The van der Waals surface area contributed by atoms with Gasteiger partial charge in [-0.2, -0.15) is 0 Å². The molecule has 56 valence electrons. The van der Waals surface area contributed by atoms with E-state index in [2.05, 4.69) is 23.7 Å². The SMILES string of the molecule is ClC(Cl)(Cl)Cl.NC(N)=S. The van der Waals surface area contributed by atoms with Crippen LogP contribution >= 0.6 is 58.6 Å². The van der Waals surface area contributed by atoms with Gasteiger partial charge in [-0.3, -0.25) is 0 Å². The minimum atomic E-state index is -1.61. The third-order valence-corrected chi connectivity index (χ3v) is 0. The molecule has 0 heterocycles. The van der Waals surface area contributed by atoms with Crippen LogP contribution in [0.15, 0.2) is 0 Å². The molecule has 0 atom stereocenters. The van der Waals surface area contributed by atoms with Crippen LogP contribution in [0.5, 0.6) is 0 Å². The van der Waals surface area contributed by atoms with E-state index in [0.717, 1.165) is 0 Å². The highest BCUT2D eigenvalue weighted by Crippen LogP contribution is 2.29. The summed E-state index contributed by atoms with van der Waals surface area (Å²) in [5, 5.41) is 0.000000000000000222. The van der Waals surface area contributed by atoms with Crippen molar-refractivity contribution in [1.29, 1.82) is 0 Å². The Kier molecular flexibility index (Phi) is 7.82. The number of hydrogen-bond donors (Lipinski definition) is 2. The van der Waals surface area contributed by atoms with Gasteiger partial charge in [-0.05, 0) is 12.2 Å². The highest BCUT2D eigenvalue weighted by Gasteiger charge is 2.11. The third-order valence-electron chi connectivity index (χ3n) is 0. The second-order valence-corrected chi connectivity index (χ2v) is 4.73. The van der Waals surface area contributed by atoms with E-state index in [1.165, 1.54) is 0 Å². The van der Waals surface area contributed by atoms with Crippen LogP contribution in [0.2, 0.25) is 0 Å². The van der Waals surface area contributed by atoms with Crippen molar-refractivity contribution in [2.75, 3.05) is 0 Å². The molecule has 0 aliphatic carbocycles. The number of hydrogen-bond acceptors (Lipinski definition) is 1. The molecule has 0 aromatic rings. The van der Waals surface area contributed by atoms with Crippen molar-refractivity contribution >= 4 is 63.7 Å². The summed E-state index contributed by atoms with van der Waals surface area (Å²) < 4.78 is -1.61. The molecule has 0 unspecified atom stereocenters. The van der Waals surface area contributed by atoms with Crippen molar-refractivity contribution < 1.29 is 0 Å². The van der Waals surface area contributed by atoms with Gasteiger partial charge in [-0.25, -0.2) is 0 Å². The van der Waals surface area contributed by atoms with Crippen LogP contribution in [-0.4, -0.2) is 8.36 Å². The summed E-state index contributed by atoms with van der Waals surface area (Å²) in [6.45, 7) is 0. The van der Waals surface area contributed by atoms with Gasteiger partial charge in [0.2, 0.25) is 0 Å². The zero-order chi connectivity index (χ0) is 8.08. The lowest BCUT2D eigenvalue weighted by Gasteiger charge is -1.91. The second kappa shape index (κ2) is 5.62. The van der Waals surface area contributed by atoms with Crippen molar-refractivity contribution in [3.63, 3.8) is 0 Å². The average molecular weight is 230 g/mol. The normalized spacial score (nSPS) is 9.33. The summed E-state index contributed by atoms with van der Waals surface area (Å²) >= 11 is 23.4. The third kappa shape index (κ3) is 575. The predicted molar refractivity (Wildman–Crippen MR) is 47.1 cm³/mol. The summed E-state index contributed by atoms with van der Waals surface area (Å²) in [4.78, 5) is 0. The number of halogens is 4. The first-order valence-corrected chi connectivity index (χ1v) is 3.46. The minimum absolute atomic E-state index is 0.000000000000000222. The summed E-state index contributed by atoms with van der Waals surface area (Å²) in [5.41, 5.74) is 9.24. The fourth-order valence-corrected chi connectivity index (χ4v) is 0. The van der Waals surface area contributed by atoms with E-state index < -0.39 is 3.25 Å². The van der Waals surface area contributed by atoms with E-state index in [4.69, 9.17) is 46.4 Å². The maximum absolute atomic E-state index is 4.83. The van der Waals surface area contributed by atoms with Crippen LogP contribution in [-0.2, 0) is 0 Å². The Balaban J connectivity index is 0. The Morgan fingerprint density at radius 3 is 1.11 bits per heavy atom. The molecule has 7 heteroatoms. The van der Waals surface area contributed by atoms with Crippen LogP contribution in [0.3, 0.4) is 0 Å². The van der Waals surface area contributed by atoms with Crippen molar-refractivity contribution in [3.8, 4) is 0 Å². The standard InChI is InChI=1S/CCl4.CH4N2S/c2-1(3,4)5;2-1(3)4/h;(H4,2,3,4). The van der Waals surface area contributed by atoms with Gasteiger partial charge in [-0.15, -0.1) is 0 Å². The van der Waals surface area contributed by atoms with Crippen molar-refractivity contribution in [2.45, 2.75) is 3.25 Å². The van der Waals surface area contributed by atoms with Gasteiger partial charge < -0.3 is 11.5 Å². The van der Waals surface area contributed by atoms with E-state index >= 15 is 0 Å². The van der Waals surface area contributed by atoms with Gasteiger partial charge in [0.15, 0.2) is 5.11 Å². The van der Waals surface area contributed by atoms with Crippen LogP contribution in [0.25, 0.3) is 0 Å². The molecule has 0 radical (unpaired) electrons. The zero-order valence-electron chi connectivity index (χ0n) is 4.07. The molecule has 0 fully saturated rings. The van der Waals surface area contributed by atoms with E-state index in [1.807, 2.05) is 0 Å². The quantitative estimate of drug-likeness (QED) is 0.492. The smallest absolute Gasteiger partial charge is 0.266 e. The summed E-state index contributed by atoms with van der Waals surface area (Å²) in [7, 11) is 0. The number of alkyl halides is 4. The molecular weight excluding hydrogens is 226 g/mol. The molecule has 0 spiro atoms. The molecule has 2 nitrogen and oxygen atoms in total. The van der Waals surface area contributed by atoms with E-state index in [1.54, 1.807) is 0 Å². The molecule has 0 saturated heterocycles. The Bertz CT molecular complexity index is 79.1. The average Bonchev–Trinajstić information content (AvgIpc) is 1.19. The molecular formula is C2H4Cl4N2S. The number of rotatable bonds is 0. The van der Waals surface area contributed by atoms with Gasteiger partial charge in [0.1, 0.15) is 0 Å². The Labute approximate surface area is 78.4 Å². The molecule has 0 amide bonds. The Morgan fingerprint density at radius 1 is 1.11 bits per heavy atom. The molecule has 0 aliphatic heterocycles. The molecule has 0 aromatic carbocycles. The van der Waals surface area contributed by atoms with Crippen LogP contribution < -0.4 is 11.5 Å². The van der Waals surface area contributed by atoms with E-state index in [9.17, 15) is 0 Å². The lowest BCUT2D eigenvalue weighted by Crippen LogP contribution is -2.18. The van der Waals surface area contributed by atoms with Crippen molar-refractivity contribution in [1.82, 2.24) is 0 Å². The molecule has 0 saturated carbocycles. The summed E-state index contributed by atoms with van der Waals surface area (Å²) in [6.07, 6.45) is 0. The van der Waals surface area contributed by atoms with Gasteiger partial charge in [0.05, 0.1) is 0 Å². The summed E-state index contributed by atoms with van der Waals surface area (Å²) in [5.74, 6) is 0. The molecule has 0 aliphatic rings. The highest BCUT2D eigenvalue weighted by atomic mass is 35.6. The molecule has 0 aromatic heterocycles. The number of nitrogens with two attached hydrogens (primary N) is 2. The maximum atomic E-state index is 4.83. The second-order valence-electron chi connectivity index (χ2n) is 0.831. The molecule has 0 rings (SSSR count). The molecule has 4 N–H and O–H groups in total. The Hall–Kier alpha value is 0.850. The van der Waals surface area contributed by atoms with E-state index in [-0.39, 0.29) is 5.11 Å². The highest BCUT2D eigenvalue weighted by molar-refractivity contribution is 7.80. The van der Waals surface area contributed by atoms with Gasteiger partial charge >= 0.3 is 0 Å². The largest absolute Gasteiger partial charge is 0.377 e.